The van der Waals surface area contributed by atoms with Crippen molar-refractivity contribution in [3.8, 4) is 5.75 Å². The molecule has 1 aromatic carbocycles. The Morgan fingerprint density at radius 2 is 1.79 bits per heavy atom. The first-order valence-electron chi connectivity index (χ1n) is 4.00. The van der Waals surface area contributed by atoms with Gasteiger partial charge in [-0.05, 0) is 26.0 Å². The van der Waals surface area contributed by atoms with Gasteiger partial charge in [0.05, 0.1) is 6.10 Å². The molecule has 0 saturated heterocycles. The van der Waals surface area contributed by atoms with Crippen LogP contribution in [0.15, 0.2) is 30.3 Å². The minimum atomic E-state index is 0. The number of para-hydroxylation sites is 1. The summed E-state index contributed by atoms with van der Waals surface area (Å²) in [6.45, 7) is 4.05. The summed E-state index contributed by atoms with van der Waals surface area (Å²) in [6.07, 6.45) is 0.0301. The van der Waals surface area contributed by atoms with Crippen LogP contribution in [0.5, 0.6) is 5.75 Å². The van der Waals surface area contributed by atoms with Gasteiger partial charge < -0.3 is 9.84 Å². The fourth-order valence-electron chi connectivity index (χ4n) is 0.539. The topological polar surface area (TPSA) is 46.5 Å². The summed E-state index contributed by atoms with van der Waals surface area (Å²) in [5.74, 6) is 0.322. The Balaban J connectivity index is 0. The van der Waals surface area contributed by atoms with Crippen molar-refractivity contribution in [3.63, 3.8) is 0 Å². The molecule has 0 aliphatic carbocycles. The molecule has 4 heteroatoms. The second-order valence-electron chi connectivity index (χ2n) is 2.62. The van der Waals surface area contributed by atoms with Crippen molar-refractivity contribution in [2.24, 2.45) is 0 Å². The number of carbonyl (C=O) groups excluding carboxylic acids is 1. The number of aromatic hydroxyl groups is 1. The van der Waals surface area contributed by atoms with Gasteiger partial charge in [0.15, 0.2) is 0 Å². The Morgan fingerprint density at radius 1 is 1.29 bits per heavy atom. The standard InChI is InChI=1S/C6H6O.C4H8O2.Na.H/c7-6-4-2-1-3-5-6;1-4(2)6-3-5;;/h1-5,7H;3-4H,1-2H3;;. The van der Waals surface area contributed by atoms with Crippen LogP contribution >= 0.6 is 0 Å². The molecule has 0 saturated carbocycles. The fraction of sp³-hybridized carbons (Fsp3) is 0.300. The van der Waals surface area contributed by atoms with Gasteiger partial charge in [0.1, 0.15) is 5.75 Å². The molecule has 0 amide bonds. The van der Waals surface area contributed by atoms with Crippen LogP contribution in [-0.4, -0.2) is 47.2 Å². The van der Waals surface area contributed by atoms with Crippen molar-refractivity contribution >= 4 is 36.0 Å². The number of phenolic OH excluding ortho intramolecular Hbond substituents is 1. The first-order valence-corrected chi connectivity index (χ1v) is 4.00. The molecule has 0 aliphatic rings. The van der Waals surface area contributed by atoms with E-state index < -0.39 is 0 Å². The van der Waals surface area contributed by atoms with E-state index in [-0.39, 0.29) is 35.7 Å². The molecule has 1 rings (SSSR count). The molecular formula is C10H15NaO3. The molecule has 0 radical (unpaired) electrons. The monoisotopic (exact) mass is 206 g/mol. The first-order chi connectivity index (χ1) is 6.16. The van der Waals surface area contributed by atoms with Crippen molar-refractivity contribution in [3.05, 3.63) is 30.3 Å². The van der Waals surface area contributed by atoms with E-state index in [9.17, 15) is 4.79 Å². The first kappa shape index (κ1) is 15.9. The Morgan fingerprint density at radius 3 is 1.93 bits per heavy atom. The maximum absolute atomic E-state index is 9.39. The second-order valence-corrected chi connectivity index (χ2v) is 2.62. The van der Waals surface area contributed by atoms with Crippen LogP contribution < -0.4 is 0 Å². The van der Waals surface area contributed by atoms with Crippen LogP contribution in [0.3, 0.4) is 0 Å². The van der Waals surface area contributed by atoms with Crippen molar-refractivity contribution in [1.29, 1.82) is 0 Å². The molecule has 0 spiro atoms. The molecule has 1 N–H and O–H groups in total. The van der Waals surface area contributed by atoms with Gasteiger partial charge in [-0.1, -0.05) is 18.2 Å². The summed E-state index contributed by atoms with van der Waals surface area (Å²) in [6, 6.07) is 8.71. The zero-order valence-electron chi connectivity index (χ0n) is 7.81. The van der Waals surface area contributed by atoms with Gasteiger partial charge in [-0.2, -0.15) is 0 Å². The van der Waals surface area contributed by atoms with Crippen LogP contribution in [-0.2, 0) is 9.53 Å². The molecule has 1 aromatic rings. The van der Waals surface area contributed by atoms with E-state index in [1.165, 1.54) is 0 Å². The van der Waals surface area contributed by atoms with Gasteiger partial charge in [-0.25, -0.2) is 0 Å². The van der Waals surface area contributed by atoms with Crippen molar-refractivity contribution in [2.75, 3.05) is 0 Å². The summed E-state index contributed by atoms with van der Waals surface area (Å²) >= 11 is 0. The zero-order chi connectivity index (χ0) is 10.1. The van der Waals surface area contributed by atoms with Gasteiger partial charge in [-0.3, -0.25) is 4.79 Å². The average molecular weight is 206 g/mol. The van der Waals surface area contributed by atoms with E-state index in [2.05, 4.69) is 4.74 Å². The van der Waals surface area contributed by atoms with Crippen LogP contribution in [0.1, 0.15) is 13.8 Å². The summed E-state index contributed by atoms with van der Waals surface area (Å²) in [5.41, 5.74) is 0. The van der Waals surface area contributed by atoms with Gasteiger partial charge in [-0.15, -0.1) is 0 Å². The summed E-state index contributed by atoms with van der Waals surface area (Å²) in [7, 11) is 0. The third kappa shape index (κ3) is 11.5. The molecular weight excluding hydrogens is 191 g/mol. The van der Waals surface area contributed by atoms with E-state index in [0.29, 0.717) is 12.2 Å². The SMILES string of the molecule is CC(C)OC=O.Oc1ccccc1.[NaH]. The number of ether oxygens (including phenoxy) is 1. The van der Waals surface area contributed by atoms with Gasteiger partial charge >= 0.3 is 29.6 Å². The molecule has 0 aromatic heterocycles. The number of rotatable bonds is 2. The van der Waals surface area contributed by atoms with Crippen LogP contribution in [0.4, 0.5) is 0 Å². The fourth-order valence-corrected chi connectivity index (χ4v) is 0.539. The molecule has 0 bridgehead atoms. The van der Waals surface area contributed by atoms with Crippen LogP contribution in [0, 0.1) is 0 Å². The molecule has 3 nitrogen and oxygen atoms in total. The van der Waals surface area contributed by atoms with Gasteiger partial charge in [0.25, 0.3) is 6.47 Å². The van der Waals surface area contributed by atoms with Crippen LogP contribution in [0.25, 0.3) is 0 Å². The van der Waals surface area contributed by atoms with E-state index in [4.69, 9.17) is 5.11 Å². The molecule has 0 unspecified atom stereocenters. The average Bonchev–Trinajstić information content (AvgIpc) is 2.06. The number of carbonyl (C=O) groups is 1. The number of phenols is 1. The van der Waals surface area contributed by atoms with Gasteiger partial charge in [0.2, 0.25) is 0 Å². The number of hydrogen-bond donors (Lipinski definition) is 1. The van der Waals surface area contributed by atoms with Crippen LogP contribution in [0.2, 0.25) is 0 Å². The van der Waals surface area contributed by atoms with Crippen molar-refractivity contribution in [1.82, 2.24) is 0 Å². The van der Waals surface area contributed by atoms with E-state index in [1.54, 1.807) is 38.1 Å². The van der Waals surface area contributed by atoms with Gasteiger partial charge in [0, 0.05) is 0 Å². The summed E-state index contributed by atoms with van der Waals surface area (Å²) in [5, 5.41) is 8.63. The molecule has 14 heavy (non-hydrogen) atoms. The second kappa shape index (κ2) is 10.6. The predicted octanol–water partition coefficient (Wildman–Crippen LogP) is 1.31. The zero-order valence-corrected chi connectivity index (χ0v) is 7.81. The molecule has 0 fully saturated rings. The van der Waals surface area contributed by atoms with E-state index in [1.807, 2.05) is 6.07 Å². The van der Waals surface area contributed by atoms with Crippen molar-refractivity contribution < 1.29 is 14.6 Å². The third-order valence-corrected chi connectivity index (χ3v) is 1.08. The quantitative estimate of drug-likeness (QED) is 0.586. The summed E-state index contributed by atoms with van der Waals surface area (Å²) < 4.78 is 4.36. The van der Waals surface area contributed by atoms with Crippen molar-refractivity contribution in [2.45, 2.75) is 20.0 Å². The van der Waals surface area contributed by atoms with E-state index >= 15 is 0 Å². The number of benzene rings is 1. The molecule has 0 aliphatic heterocycles. The molecule has 0 heterocycles. The Kier molecular flexibility index (Phi) is 12.0. The maximum atomic E-state index is 9.39. The minimum absolute atomic E-state index is 0. The normalized spacial score (nSPS) is 7.93. The third-order valence-electron chi connectivity index (χ3n) is 1.08. The Hall–Kier alpha value is -0.510. The predicted molar refractivity (Wildman–Crippen MR) is 57.5 cm³/mol. The summed E-state index contributed by atoms with van der Waals surface area (Å²) in [4.78, 5) is 9.39. The molecule has 74 valence electrons. The Bertz CT molecular complexity index is 224. The number of hydrogen-bond acceptors (Lipinski definition) is 3. The molecule has 0 atom stereocenters. The Labute approximate surface area is 106 Å². The van der Waals surface area contributed by atoms with E-state index in [0.717, 1.165) is 0 Å².